The largest absolute Gasteiger partial charge is 0.0622 e. The van der Waals surface area contributed by atoms with Gasteiger partial charge in [0.25, 0.3) is 0 Å². The fourth-order valence-corrected chi connectivity index (χ4v) is 3.59. The summed E-state index contributed by atoms with van der Waals surface area (Å²) in [5.41, 5.74) is 9.71. The quantitative estimate of drug-likeness (QED) is 0.485. The van der Waals surface area contributed by atoms with E-state index in [2.05, 4.69) is 94.4 Å². The van der Waals surface area contributed by atoms with Gasteiger partial charge in [0.2, 0.25) is 0 Å². The van der Waals surface area contributed by atoms with E-state index in [1.165, 1.54) is 38.9 Å². The van der Waals surface area contributed by atoms with E-state index in [4.69, 9.17) is 0 Å². The third kappa shape index (κ3) is 3.01. The Kier molecular flexibility index (Phi) is 4.85. The van der Waals surface area contributed by atoms with E-state index in [1.54, 1.807) is 0 Å². The Morgan fingerprint density at radius 1 is 0.750 bits per heavy atom. The summed E-state index contributed by atoms with van der Waals surface area (Å²) in [6, 6.07) is 24.2. The Bertz CT molecular complexity index is 826. The van der Waals surface area contributed by atoms with Gasteiger partial charge in [-0.3, -0.25) is 0 Å². The Morgan fingerprint density at radius 3 is 2.04 bits per heavy atom. The first-order chi connectivity index (χ1) is 11.6. The van der Waals surface area contributed by atoms with Gasteiger partial charge in [0.1, 0.15) is 0 Å². The molecule has 0 atom stereocenters. The molecule has 0 amide bonds. The number of benzene rings is 3. The van der Waals surface area contributed by atoms with Crippen LogP contribution in [-0.2, 0) is 6.42 Å². The highest BCUT2D eigenvalue weighted by Crippen LogP contribution is 2.39. The summed E-state index contributed by atoms with van der Waals surface area (Å²) >= 11 is 0. The van der Waals surface area contributed by atoms with Gasteiger partial charge in [-0.1, -0.05) is 87.5 Å². The van der Waals surface area contributed by atoms with Crippen LogP contribution in [0.15, 0.2) is 66.7 Å². The average Bonchev–Trinajstić information content (AvgIpc) is 2.61. The van der Waals surface area contributed by atoms with Crippen molar-refractivity contribution in [3.8, 4) is 22.3 Å². The lowest BCUT2D eigenvalue weighted by atomic mass is 9.83. The standard InChI is InChI=1S/C24H26/c1-5-20-23(22-14-10-9-11-18(22)4)16-15-21(17(2)3)24(20)19-12-7-6-8-13-19/h6-17H,5H2,1-4H3. The number of hydrogen-bond donors (Lipinski definition) is 0. The summed E-state index contributed by atoms with van der Waals surface area (Å²) in [7, 11) is 0. The van der Waals surface area contributed by atoms with E-state index in [-0.39, 0.29) is 0 Å². The zero-order valence-electron chi connectivity index (χ0n) is 15.1. The molecule has 0 heteroatoms. The van der Waals surface area contributed by atoms with Crippen LogP contribution in [0.5, 0.6) is 0 Å². The van der Waals surface area contributed by atoms with Gasteiger partial charge in [-0.25, -0.2) is 0 Å². The van der Waals surface area contributed by atoms with Gasteiger partial charge in [-0.05, 0) is 58.2 Å². The van der Waals surface area contributed by atoms with Crippen LogP contribution in [-0.4, -0.2) is 0 Å². The normalized spacial score (nSPS) is 11.0. The van der Waals surface area contributed by atoms with E-state index < -0.39 is 0 Å². The maximum absolute atomic E-state index is 2.33. The molecule has 3 aromatic carbocycles. The molecule has 0 aromatic heterocycles. The van der Waals surface area contributed by atoms with Crippen LogP contribution >= 0.6 is 0 Å². The molecule has 0 radical (unpaired) electrons. The highest BCUT2D eigenvalue weighted by Gasteiger charge is 2.17. The molecule has 0 unspecified atom stereocenters. The van der Waals surface area contributed by atoms with Crippen molar-refractivity contribution >= 4 is 0 Å². The number of rotatable bonds is 4. The molecule has 0 saturated heterocycles. The summed E-state index contributed by atoms with van der Waals surface area (Å²) in [6.45, 7) is 9.05. The molecular weight excluding hydrogens is 288 g/mol. The van der Waals surface area contributed by atoms with Crippen molar-refractivity contribution in [2.45, 2.75) is 40.0 Å². The Labute approximate surface area is 146 Å². The molecule has 3 rings (SSSR count). The number of aryl methyl sites for hydroxylation is 1. The van der Waals surface area contributed by atoms with Gasteiger partial charge in [0, 0.05) is 0 Å². The minimum atomic E-state index is 0.511. The van der Waals surface area contributed by atoms with Crippen LogP contribution in [0.4, 0.5) is 0 Å². The fraction of sp³-hybridized carbons (Fsp3) is 0.250. The first-order valence-corrected chi connectivity index (χ1v) is 8.90. The molecule has 0 aliphatic carbocycles. The first kappa shape index (κ1) is 16.5. The summed E-state index contributed by atoms with van der Waals surface area (Å²) in [5, 5.41) is 0. The van der Waals surface area contributed by atoms with E-state index >= 15 is 0 Å². The van der Waals surface area contributed by atoms with Crippen LogP contribution in [0.25, 0.3) is 22.3 Å². The van der Waals surface area contributed by atoms with Crippen molar-refractivity contribution in [2.24, 2.45) is 0 Å². The lowest BCUT2D eigenvalue weighted by Crippen LogP contribution is -2.01. The van der Waals surface area contributed by atoms with Gasteiger partial charge in [0.15, 0.2) is 0 Å². The van der Waals surface area contributed by atoms with Crippen LogP contribution < -0.4 is 0 Å². The second-order valence-electron chi connectivity index (χ2n) is 6.75. The molecule has 24 heavy (non-hydrogen) atoms. The molecule has 0 nitrogen and oxygen atoms in total. The highest BCUT2D eigenvalue weighted by molar-refractivity contribution is 5.82. The van der Waals surface area contributed by atoms with E-state index in [0.717, 1.165) is 6.42 Å². The fourth-order valence-electron chi connectivity index (χ4n) is 3.59. The van der Waals surface area contributed by atoms with Gasteiger partial charge in [-0.15, -0.1) is 0 Å². The molecule has 0 fully saturated rings. The van der Waals surface area contributed by atoms with E-state index in [9.17, 15) is 0 Å². The second-order valence-corrected chi connectivity index (χ2v) is 6.75. The van der Waals surface area contributed by atoms with Crippen molar-refractivity contribution in [1.82, 2.24) is 0 Å². The molecule has 0 heterocycles. The van der Waals surface area contributed by atoms with Crippen LogP contribution in [0, 0.1) is 6.92 Å². The summed E-state index contributed by atoms with van der Waals surface area (Å²) in [6.07, 6.45) is 1.04. The van der Waals surface area contributed by atoms with Gasteiger partial charge >= 0.3 is 0 Å². The maximum atomic E-state index is 2.33. The molecule has 0 N–H and O–H groups in total. The molecule has 0 bridgehead atoms. The van der Waals surface area contributed by atoms with Crippen molar-refractivity contribution in [1.29, 1.82) is 0 Å². The third-order valence-corrected chi connectivity index (χ3v) is 4.82. The van der Waals surface area contributed by atoms with Gasteiger partial charge < -0.3 is 0 Å². The minimum Gasteiger partial charge on any atom is -0.0622 e. The highest BCUT2D eigenvalue weighted by atomic mass is 14.2. The average molecular weight is 314 g/mol. The third-order valence-electron chi connectivity index (χ3n) is 4.82. The van der Waals surface area contributed by atoms with Crippen LogP contribution in [0.1, 0.15) is 43.4 Å². The zero-order valence-corrected chi connectivity index (χ0v) is 15.1. The molecule has 122 valence electrons. The van der Waals surface area contributed by atoms with Crippen molar-refractivity contribution < 1.29 is 0 Å². The Hall–Kier alpha value is -2.34. The molecule has 0 spiro atoms. The van der Waals surface area contributed by atoms with E-state index in [0.29, 0.717) is 5.92 Å². The van der Waals surface area contributed by atoms with Gasteiger partial charge in [0.05, 0.1) is 0 Å². The smallest absolute Gasteiger partial charge is 0.0111 e. The first-order valence-electron chi connectivity index (χ1n) is 8.90. The zero-order chi connectivity index (χ0) is 17.1. The van der Waals surface area contributed by atoms with Crippen LogP contribution in [0.3, 0.4) is 0 Å². The van der Waals surface area contributed by atoms with E-state index in [1.807, 2.05) is 0 Å². The number of hydrogen-bond acceptors (Lipinski definition) is 0. The molecule has 3 aromatic rings. The van der Waals surface area contributed by atoms with Crippen molar-refractivity contribution in [3.63, 3.8) is 0 Å². The lowest BCUT2D eigenvalue weighted by Gasteiger charge is -2.21. The summed E-state index contributed by atoms with van der Waals surface area (Å²) in [5.74, 6) is 0.511. The molecular formula is C24H26. The predicted octanol–water partition coefficient (Wildman–Crippen LogP) is 7.01. The summed E-state index contributed by atoms with van der Waals surface area (Å²) in [4.78, 5) is 0. The van der Waals surface area contributed by atoms with Crippen molar-refractivity contribution in [2.75, 3.05) is 0 Å². The SMILES string of the molecule is CCc1c(-c2ccccc2C)ccc(C(C)C)c1-c1ccccc1. The lowest BCUT2D eigenvalue weighted by molar-refractivity contribution is 0.865. The minimum absolute atomic E-state index is 0.511. The Balaban J connectivity index is 2.33. The maximum Gasteiger partial charge on any atom is -0.0111 e. The molecule has 0 aliphatic heterocycles. The Morgan fingerprint density at radius 2 is 1.42 bits per heavy atom. The predicted molar refractivity (Wildman–Crippen MR) is 106 cm³/mol. The van der Waals surface area contributed by atoms with Gasteiger partial charge in [-0.2, -0.15) is 0 Å². The topological polar surface area (TPSA) is 0 Å². The van der Waals surface area contributed by atoms with Crippen molar-refractivity contribution in [3.05, 3.63) is 83.4 Å². The molecule has 0 aliphatic rings. The summed E-state index contributed by atoms with van der Waals surface area (Å²) < 4.78 is 0. The monoisotopic (exact) mass is 314 g/mol. The second kappa shape index (κ2) is 7.05. The van der Waals surface area contributed by atoms with Crippen LogP contribution in [0.2, 0.25) is 0 Å². The molecule has 0 saturated carbocycles.